The molecule has 0 N–H and O–H groups in total. The smallest absolute Gasteiger partial charge is 0.163 e. The van der Waals surface area contributed by atoms with E-state index in [4.69, 9.17) is 9.47 Å². The van der Waals surface area contributed by atoms with Gasteiger partial charge in [0.05, 0.1) is 11.7 Å². The lowest BCUT2D eigenvalue weighted by Crippen LogP contribution is -2.27. The third-order valence-electron chi connectivity index (χ3n) is 5.29. The van der Waals surface area contributed by atoms with Crippen molar-refractivity contribution in [1.82, 2.24) is 0 Å². The van der Waals surface area contributed by atoms with E-state index >= 15 is 0 Å². The number of carbonyl (C=O) groups excluding carboxylic acids is 1. The highest BCUT2D eigenvalue weighted by atomic mass is 16.6. The summed E-state index contributed by atoms with van der Waals surface area (Å²) in [5.41, 5.74) is 2.19. The molecule has 3 nitrogen and oxygen atoms in total. The number of aryl methyl sites for hydroxylation is 1. The van der Waals surface area contributed by atoms with Crippen molar-refractivity contribution in [3.05, 3.63) is 29.3 Å². The third-order valence-corrected chi connectivity index (χ3v) is 5.29. The monoisotopic (exact) mass is 286 g/mol. The summed E-state index contributed by atoms with van der Waals surface area (Å²) < 4.78 is 12.2. The van der Waals surface area contributed by atoms with Crippen LogP contribution in [0.1, 0.15) is 60.9 Å². The maximum atomic E-state index is 11.6. The first-order chi connectivity index (χ1) is 10.2. The van der Waals surface area contributed by atoms with Crippen LogP contribution in [0.2, 0.25) is 0 Å². The van der Waals surface area contributed by atoms with E-state index in [1.807, 2.05) is 18.2 Å². The van der Waals surface area contributed by atoms with Crippen LogP contribution in [0.3, 0.4) is 0 Å². The van der Waals surface area contributed by atoms with Gasteiger partial charge in [0.2, 0.25) is 0 Å². The van der Waals surface area contributed by atoms with Crippen molar-refractivity contribution in [1.29, 1.82) is 0 Å². The Bertz CT molecular complexity index is 558. The number of Topliss-reactive ketones (excluding diaryl/α,β-unsaturated/α-hetero) is 1. The summed E-state index contributed by atoms with van der Waals surface area (Å²) in [4.78, 5) is 11.6. The molecule has 1 unspecified atom stereocenters. The number of carbonyl (C=O) groups is 1. The molecule has 3 heteroatoms. The number of ketones is 1. The van der Waals surface area contributed by atoms with Crippen LogP contribution in [-0.4, -0.2) is 24.1 Å². The van der Waals surface area contributed by atoms with Gasteiger partial charge >= 0.3 is 0 Å². The molecule has 1 saturated carbocycles. The molecule has 0 bridgehead atoms. The zero-order chi connectivity index (χ0) is 14.3. The molecule has 1 saturated heterocycles. The quantitative estimate of drug-likeness (QED) is 0.850. The molecule has 2 aliphatic carbocycles. The first-order valence-electron chi connectivity index (χ1n) is 8.21. The first kappa shape index (κ1) is 13.3. The maximum absolute atomic E-state index is 11.6. The summed E-state index contributed by atoms with van der Waals surface area (Å²) >= 11 is 0. The van der Waals surface area contributed by atoms with Gasteiger partial charge in [-0.15, -0.1) is 0 Å². The molecule has 112 valence electrons. The minimum absolute atomic E-state index is 0.179. The van der Waals surface area contributed by atoms with Crippen molar-refractivity contribution >= 4 is 5.78 Å². The Morgan fingerprint density at radius 2 is 2.05 bits per heavy atom. The minimum Gasteiger partial charge on any atom is -0.491 e. The standard InChI is InChI=1S/C18H22O3/c19-17-6-3-13-11-14(4-5-16(13)17)20-12-15-7-10-18(21-15)8-1-2-9-18/h4-5,11,15H,1-3,6-10,12H2. The topological polar surface area (TPSA) is 35.5 Å². The highest BCUT2D eigenvalue weighted by Gasteiger charge is 2.42. The van der Waals surface area contributed by atoms with Gasteiger partial charge in [0.25, 0.3) is 0 Å². The third kappa shape index (κ3) is 2.48. The molecule has 1 heterocycles. The van der Waals surface area contributed by atoms with Crippen LogP contribution in [0.15, 0.2) is 18.2 Å². The van der Waals surface area contributed by atoms with Crippen molar-refractivity contribution in [2.75, 3.05) is 6.61 Å². The number of fused-ring (bicyclic) bond motifs is 1. The Balaban J connectivity index is 1.36. The molecule has 1 aromatic rings. The maximum Gasteiger partial charge on any atom is 0.163 e. The van der Waals surface area contributed by atoms with E-state index in [9.17, 15) is 4.79 Å². The van der Waals surface area contributed by atoms with Gasteiger partial charge < -0.3 is 9.47 Å². The van der Waals surface area contributed by atoms with Crippen LogP contribution in [0.4, 0.5) is 0 Å². The van der Waals surface area contributed by atoms with Gasteiger partial charge in [-0.3, -0.25) is 4.79 Å². The second kappa shape index (κ2) is 5.13. The fraction of sp³-hybridized carbons (Fsp3) is 0.611. The highest BCUT2D eigenvalue weighted by Crippen LogP contribution is 2.43. The van der Waals surface area contributed by atoms with Crippen molar-refractivity contribution in [2.24, 2.45) is 0 Å². The summed E-state index contributed by atoms with van der Waals surface area (Å²) in [5.74, 6) is 1.14. The minimum atomic E-state index is 0.179. The van der Waals surface area contributed by atoms with Crippen molar-refractivity contribution < 1.29 is 14.3 Å². The second-order valence-electron chi connectivity index (χ2n) is 6.72. The van der Waals surface area contributed by atoms with Gasteiger partial charge in [0.1, 0.15) is 12.4 Å². The predicted octanol–water partition coefficient (Wildman–Crippen LogP) is 3.69. The van der Waals surface area contributed by atoms with Gasteiger partial charge in [0.15, 0.2) is 5.78 Å². The Hall–Kier alpha value is -1.35. The van der Waals surface area contributed by atoms with Crippen molar-refractivity contribution in [3.8, 4) is 5.75 Å². The van der Waals surface area contributed by atoms with Gasteiger partial charge in [-0.25, -0.2) is 0 Å². The van der Waals surface area contributed by atoms with Crippen LogP contribution in [0.25, 0.3) is 0 Å². The number of ether oxygens (including phenoxy) is 2. The molecule has 4 rings (SSSR count). The van der Waals surface area contributed by atoms with Crippen molar-refractivity contribution in [2.45, 2.75) is 63.1 Å². The molecule has 0 aromatic heterocycles. The van der Waals surface area contributed by atoms with Crippen LogP contribution >= 0.6 is 0 Å². The average molecular weight is 286 g/mol. The average Bonchev–Trinajstić information content (AvgIpc) is 3.20. The number of rotatable bonds is 3. The van der Waals surface area contributed by atoms with Gasteiger partial charge in [-0.2, -0.15) is 0 Å². The first-order valence-corrected chi connectivity index (χ1v) is 8.21. The highest BCUT2D eigenvalue weighted by molar-refractivity contribution is 6.00. The van der Waals surface area contributed by atoms with Crippen LogP contribution in [0, 0.1) is 0 Å². The zero-order valence-corrected chi connectivity index (χ0v) is 12.4. The van der Waals surface area contributed by atoms with Crippen LogP contribution in [0.5, 0.6) is 5.75 Å². The molecular formula is C18H22O3. The Morgan fingerprint density at radius 3 is 2.90 bits per heavy atom. The second-order valence-corrected chi connectivity index (χ2v) is 6.72. The van der Waals surface area contributed by atoms with Gasteiger partial charge in [-0.1, -0.05) is 12.8 Å². The predicted molar refractivity (Wildman–Crippen MR) is 79.9 cm³/mol. The van der Waals surface area contributed by atoms with E-state index in [1.165, 1.54) is 32.1 Å². The Morgan fingerprint density at radius 1 is 1.19 bits per heavy atom. The Kier molecular flexibility index (Phi) is 3.26. The van der Waals surface area contributed by atoms with E-state index in [1.54, 1.807) is 0 Å². The molecule has 2 fully saturated rings. The lowest BCUT2D eigenvalue weighted by molar-refractivity contribution is -0.0508. The normalized spacial score (nSPS) is 26.5. The molecule has 21 heavy (non-hydrogen) atoms. The zero-order valence-electron chi connectivity index (χ0n) is 12.4. The Labute approximate surface area is 125 Å². The van der Waals surface area contributed by atoms with E-state index < -0.39 is 0 Å². The number of hydrogen-bond donors (Lipinski definition) is 0. The van der Waals surface area contributed by atoms with Gasteiger partial charge in [-0.05, 0) is 55.9 Å². The molecule has 1 spiro atoms. The lowest BCUT2D eigenvalue weighted by atomic mass is 9.98. The largest absolute Gasteiger partial charge is 0.491 e. The summed E-state index contributed by atoms with van der Waals surface area (Å²) in [6.45, 7) is 0.633. The molecule has 0 amide bonds. The van der Waals surface area contributed by atoms with E-state index in [2.05, 4.69) is 0 Å². The molecule has 3 aliphatic rings. The molecular weight excluding hydrogens is 264 g/mol. The van der Waals surface area contributed by atoms with E-state index in [-0.39, 0.29) is 17.5 Å². The number of hydrogen-bond acceptors (Lipinski definition) is 3. The van der Waals surface area contributed by atoms with E-state index in [0.29, 0.717) is 13.0 Å². The fourth-order valence-electron chi connectivity index (χ4n) is 4.11. The molecule has 1 atom stereocenters. The van der Waals surface area contributed by atoms with E-state index in [0.717, 1.165) is 29.7 Å². The summed E-state index contributed by atoms with van der Waals surface area (Å²) in [5, 5.41) is 0. The molecule has 1 aliphatic heterocycles. The number of benzene rings is 1. The van der Waals surface area contributed by atoms with Crippen LogP contribution < -0.4 is 4.74 Å². The summed E-state index contributed by atoms with van der Waals surface area (Å²) in [6.07, 6.45) is 9.12. The molecule has 1 aromatic carbocycles. The lowest BCUT2D eigenvalue weighted by Gasteiger charge is -2.23. The fourth-order valence-corrected chi connectivity index (χ4v) is 4.11. The van der Waals surface area contributed by atoms with Crippen molar-refractivity contribution in [3.63, 3.8) is 0 Å². The SMILES string of the molecule is O=C1CCc2cc(OCC3CCC4(CCCC4)O3)ccc21. The summed E-state index contributed by atoms with van der Waals surface area (Å²) in [7, 11) is 0. The van der Waals surface area contributed by atoms with Crippen LogP contribution in [-0.2, 0) is 11.2 Å². The summed E-state index contributed by atoms with van der Waals surface area (Å²) in [6, 6.07) is 5.86. The molecule has 0 radical (unpaired) electrons. The van der Waals surface area contributed by atoms with Gasteiger partial charge in [0, 0.05) is 12.0 Å².